The number of hydrogen-bond donors (Lipinski definition) is 0. The molecule has 0 radical (unpaired) electrons. The average molecular weight is 398 g/mol. The monoisotopic (exact) mass is 398 g/mol. The van der Waals surface area contributed by atoms with Gasteiger partial charge in [-0.1, -0.05) is 35.5 Å². The van der Waals surface area contributed by atoms with Crippen LogP contribution in [-0.2, 0) is 6.61 Å². The van der Waals surface area contributed by atoms with Crippen molar-refractivity contribution in [3.63, 3.8) is 0 Å². The Kier molecular flexibility index (Phi) is 5.24. The maximum Gasteiger partial charge on any atom is 0.387 e. The Balaban J connectivity index is 1.57. The molecule has 0 fully saturated rings. The summed E-state index contributed by atoms with van der Waals surface area (Å²) >= 11 is 0. The number of para-hydroxylation sites is 2. The molecular weight excluding hydrogens is 382 g/mol. The number of hydrogen-bond acceptors (Lipinski definition) is 6. The van der Waals surface area contributed by atoms with E-state index in [0.717, 1.165) is 5.56 Å². The van der Waals surface area contributed by atoms with Gasteiger partial charge < -0.3 is 18.7 Å². The number of rotatable bonds is 7. The number of benzene rings is 2. The summed E-state index contributed by atoms with van der Waals surface area (Å²) in [7, 11) is 1.58. The maximum absolute atomic E-state index is 12.5. The number of alkyl halides is 2. The van der Waals surface area contributed by atoms with E-state index in [0.29, 0.717) is 28.1 Å². The maximum atomic E-state index is 12.5. The van der Waals surface area contributed by atoms with Crippen molar-refractivity contribution in [3.05, 3.63) is 66.2 Å². The molecule has 2 heterocycles. The minimum absolute atomic E-state index is 0.00883. The normalized spacial score (nSPS) is 11.0. The van der Waals surface area contributed by atoms with Crippen molar-refractivity contribution < 1.29 is 27.5 Å². The van der Waals surface area contributed by atoms with Crippen molar-refractivity contribution >= 4 is 11.1 Å². The van der Waals surface area contributed by atoms with E-state index in [2.05, 4.69) is 14.9 Å². The second kappa shape index (κ2) is 8.14. The third-order valence-electron chi connectivity index (χ3n) is 4.24. The number of halogens is 2. The molecule has 0 aliphatic rings. The Morgan fingerprint density at radius 3 is 2.52 bits per heavy atom. The molecule has 2 aromatic carbocycles. The Bertz CT molecular complexity index is 1130. The second-order valence-electron chi connectivity index (χ2n) is 6.01. The summed E-state index contributed by atoms with van der Waals surface area (Å²) in [6.45, 7) is -2.90. The Morgan fingerprint density at radius 1 is 0.966 bits per heavy atom. The van der Waals surface area contributed by atoms with Gasteiger partial charge in [-0.05, 0) is 24.3 Å². The number of methoxy groups -OCH3 is 1. The van der Waals surface area contributed by atoms with Crippen LogP contribution >= 0.6 is 0 Å². The zero-order valence-corrected chi connectivity index (χ0v) is 15.3. The number of ether oxygens (including phenoxy) is 3. The first-order valence-electron chi connectivity index (χ1n) is 8.71. The molecule has 0 aliphatic heterocycles. The van der Waals surface area contributed by atoms with E-state index in [1.165, 1.54) is 6.07 Å². The van der Waals surface area contributed by atoms with Gasteiger partial charge in [0.1, 0.15) is 23.8 Å². The quantitative estimate of drug-likeness (QED) is 0.433. The molecule has 4 aromatic rings. The fourth-order valence-corrected chi connectivity index (χ4v) is 2.91. The fourth-order valence-electron chi connectivity index (χ4n) is 2.91. The molecule has 0 aliphatic carbocycles. The van der Waals surface area contributed by atoms with Gasteiger partial charge in [-0.15, -0.1) is 0 Å². The van der Waals surface area contributed by atoms with Crippen LogP contribution in [0.25, 0.3) is 22.4 Å². The first-order valence-corrected chi connectivity index (χ1v) is 8.71. The summed E-state index contributed by atoms with van der Waals surface area (Å²) < 4.78 is 45.9. The molecule has 8 heteroatoms. The van der Waals surface area contributed by atoms with Crippen LogP contribution in [-0.4, -0.2) is 23.9 Å². The lowest BCUT2D eigenvalue weighted by atomic mass is 10.1. The fraction of sp³-hybridized carbons (Fsp3) is 0.143. The van der Waals surface area contributed by atoms with Gasteiger partial charge in [0.25, 0.3) is 5.71 Å². The lowest BCUT2D eigenvalue weighted by Crippen LogP contribution is -2.06. The van der Waals surface area contributed by atoms with Gasteiger partial charge >= 0.3 is 6.61 Å². The zero-order valence-electron chi connectivity index (χ0n) is 15.3. The van der Waals surface area contributed by atoms with Crippen molar-refractivity contribution in [2.75, 3.05) is 7.11 Å². The van der Waals surface area contributed by atoms with Gasteiger partial charge in [-0.3, -0.25) is 0 Å². The van der Waals surface area contributed by atoms with Crippen molar-refractivity contribution in [3.8, 4) is 28.6 Å². The van der Waals surface area contributed by atoms with Crippen LogP contribution in [0.2, 0.25) is 0 Å². The second-order valence-corrected chi connectivity index (χ2v) is 6.01. The van der Waals surface area contributed by atoms with Crippen molar-refractivity contribution in [2.24, 2.45) is 0 Å². The van der Waals surface area contributed by atoms with E-state index >= 15 is 0 Å². The Hall–Kier alpha value is -3.68. The Morgan fingerprint density at radius 2 is 1.72 bits per heavy atom. The highest BCUT2D eigenvalue weighted by Crippen LogP contribution is 2.34. The van der Waals surface area contributed by atoms with Crippen LogP contribution in [0.1, 0.15) is 5.56 Å². The van der Waals surface area contributed by atoms with E-state index in [1.807, 2.05) is 24.3 Å². The van der Waals surface area contributed by atoms with Gasteiger partial charge in [0.2, 0.25) is 5.88 Å². The SMILES string of the molecule is COc1ccccc1-c1noc2nc(OCc3ccccc3OC(F)F)ccc12. The van der Waals surface area contributed by atoms with Crippen LogP contribution in [0.4, 0.5) is 8.78 Å². The standard InChI is InChI=1S/C21H16F2N2O4/c1-26-17-9-5-3-7-14(17)19-15-10-11-18(24-20(15)29-25-19)27-12-13-6-2-4-8-16(13)28-21(22)23/h2-11,21H,12H2,1H3. The summed E-state index contributed by atoms with van der Waals surface area (Å²) in [6.07, 6.45) is 0. The predicted molar refractivity (Wildman–Crippen MR) is 101 cm³/mol. The number of aromatic nitrogens is 2. The van der Waals surface area contributed by atoms with Crippen molar-refractivity contribution in [1.29, 1.82) is 0 Å². The molecule has 2 aromatic heterocycles. The molecular formula is C21H16F2N2O4. The minimum Gasteiger partial charge on any atom is -0.496 e. The summed E-state index contributed by atoms with van der Waals surface area (Å²) in [6, 6.07) is 17.3. The molecule has 0 bridgehead atoms. The van der Waals surface area contributed by atoms with Crippen LogP contribution < -0.4 is 14.2 Å². The largest absolute Gasteiger partial charge is 0.496 e. The number of fused-ring (bicyclic) bond motifs is 1. The molecule has 148 valence electrons. The molecule has 0 atom stereocenters. The average Bonchev–Trinajstić information content (AvgIpc) is 3.15. The summed E-state index contributed by atoms with van der Waals surface area (Å²) in [5.41, 5.74) is 2.15. The highest BCUT2D eigenvalue weighted by Gasteiger charge is 2.16. The molecule has 0 saturated heterocycles. The van der Waals surface area contributed by atoms with Crippen LogP contribution in [0.15, 0.2) is 65.2 Å². The van der Waals surface area contributed by atoms with Gasteiger partial charge in [0.05, 0.1) is 12.5 Å². The lowest BCUT2D eigenvalue weighted by Gasteiger charge is -2.11. The molecule has 0 N–H and O–H groups in total. The molecule has 0 amide bonds. The zero-order chi connectivity index (χ0) is 20.2. The van der Waals surface area contributed by atoms with E-state index in [4.69, 9.17) is 14.0 Å². The van der Waals surface area contributed by atoms with E-state index in [1.54, 1.807) is 37.4 Å². The summed E-state index contributed by atoms with van der Waals surface area (Å²) in [4.78, 5) is 4.30. The third-order valence-corrected chi connectivity index (χ3v) is 4.24. The van der Waals surface area contributed by atoms with E-state index < -0.39 is 6.61 Å². The summed E-state index contributed by atoms with van der Waals surface area (Å²) in [5.74, 6) is 0.993. The van der Waals surface area contributed by atoms with E-state index in [-0.39, 0.29) is 18.2 Å². The topological polar surface area (TPSA) is 66.6 Å². The first-order chi connectivity index (χ1) is 14.2. The molecule has 0 unspecified atom stereocenters. The smallest absolute Gasteiger partial charge is 0.387 e. The van der Waals surface area contributed by atoms with Crippen LogP contribution in [0.5, 0.6) is 17.4 Å². The van der Waals surface area contributed by atoms with Gasteiger partial charge in [0.15, 0.2) is 0 Å². The minimum atomic E-state index is -2.91. The van der Waals surface area contributed by atoms with Crippen LogP contribution in [0.3, 0.4) is 0 Å². The molecule has 0 spiro atoms. The number of pyridine rings is 1. The molecule has 4 rings (SSSR count). The highest BCUT2D eigenvalue weighted by atomic mass is 19.3. The van der Waals surface area contributed by atoms with Gasteiger partial charge in [0, 0.05) is 17.2 Å². The highest BCUT2D eigenvalue weighted by molar-refractivity contribution is 5.91. The first kappa shape index (κ1) is 18.7. The van der Waals surface area contributed by atoms with E-state index in [9.17, 15) is 8.78 Å². The third kappa shape index (κ3) is 3.96. The predicted octanol–water partition coefficient (Wildman–Crippen LogP) is 5.08. The summed E-state index contributed by atoms with van der Waals surface area (Å²) in [5, 5.41) is 4.80. The van der Waals surface area contributed by atoms with Crippen molar-refractivity contribution in [1.82, 2.24) is 10.1 Å². The van der Waals surface area contributed by atoms with Gasteiger partial charge in [-0.25, -0.2) is 0 Å². The molecule has 6 nitrogen and oxygen atoms in total. The van der Waals surface area contributed by atoms with Crippen LogP contribution in [0, 0.1) is 0 Å². The molecule has 0 saturated carbocycles. The number of nitrogens with zero attached hydrogens (tertiary/aromatic N) is 2. The molecule has 29 heavy (non-hydrogen) atoms. The Labute approximate surface area is 164 Å². The lowest BCUT2D eigenvalue weighted by molar-refractivity contribution is -0.0508. The van der Waals surface area contributed by atoms with Gasteiger partial charge in [-0.2, -0.15) is 13.8 Å². The van der Waals surface area contributed by atoms with Crippen molar-refractivity contribution in [2.45, 2.75) is 13.2 Å².